The molecule has 0 aliphatic carbocycles. The molecule has 1 N–H and O–H groups in total. The van der Waals surface area contributed by atoms with Gasteiger partial charge in [0, 0.05) is 6.42 Å². The zero-order valence-corrected chi connectivity index (χ0v) is 12.2. The maximum absolute atomic E-state index is 12.1. The number of hydrogen-bond donors (Lipinski definition) is 1. The van der Waals surface area contributed by atoms with E-state index in [2.05, 4.69) is 5.32 Å². The average molecular weight is 261 g/mol. The van der Waals surface area contributed by atoms with E-state index in [1.165, 1.54) is 5.56 Å². The second-order valence-corrected chi connectivity index (χ2v) is 4.68. The van der Waals surface area contributed by atoms with Gasteiger partial charge in [-0.2, -0.15) is 0 Å². The van der Waals surface area contributed by atoms with E-state index in [1.807, 2.05) is 52.0 Å². The molecule has 3 heteroatoms. The summed E-state index contributed by atoms with van der Waals surface area (Å²) in [5, 5.41) is 2.46. The molecule has 1 atom stereocenters. The van der Waals surface area contributed by atoms with Gasteiger partial charge < -0.3 is 0 Å². The summed E-state index contributed by atoms with van der Waals surface area (Å²) >= 11 is 0. The molecule has 0 saturated carbocycles. The van der Waals surface area contributed by atoms with Crippen LogP contribution in [-0.4, -0.2) is 11.8 Å². The second-order valence-electron chi connectivity index (χ2n) is 4.68. The Morgan fingerprint density at radius 2 is 1.74 bits per heavy atom. The first kappa shape index (κ1) is 15.4. The van der Waals surface area contributed by atoms with Crippen molar-refractivity contribution in [1.29, 1.82) is 0 Å². The molecule has 2 rings (SSSR count). The van der Waals surface area contributed by atoms with Gasteiger partial charge in [-0.05, 0) is 25.3 Å². The number of rotatable bonds is 2. The number of carbonyl (C=O) groups is 2. The fraction of sp³-hybridized carbons (Fsp3) is 0.500. The molecular formula is C16H23NO2. The number of imide groups is 1. The van der Waals surface area contributed by atoms with Crippen LogP contribution in [0.2, 0.25) is 0 Å². The molecule has 1 aromatic carbocycles. The van der Waals surface area contributed by atoms with Gasteiger partial charge in [0.25, 0.3) is 0 Å². The summed E-state index contributed by atoms with van der Waals surface area (Å²) in [7, 11) is 0. The third kappa shape index (κ3) is 3.03. The SMILES string of the molecule is CC.CCC1(c2ccc(C)cc2)CCC(=O)NC1=O. The fourth-order valence-corrected chi connectivity index (χ4v) is 2.44. The molecule has 1 unspecified atom stereocenters. The highest BCUT2D eigenvalue weighted by molar-refractivity contribution is 6.03. The Morgan fingerprint density at radius 1 is 1.16 bits per heavy atom. The number of amides is 2. The summed E-state index contributed by atoms with van der Waals surface area (Å²) < 4.78 is 0. The summed E-state index contributed by atoms with van der Waals surface area (Å²) in [6.45, 7) is 8.02. The zero-order chi connectivity index (χ0) is 14.5. The molecule has 2 amide bonds. The van der Waals surface area contributed by atoms with Crippen LogP contribution in [0.15, 0.2) is 24.3 Å². The van der Waals surface area contributed by atoms with Gasteiger partial charge in [0.2, 0.25) is 11.8 Å². The monoisotopic (exact) mass is 261 g/mol. The average Bonchev–Trinajstić information content (AvgIpc) is 2.43. The smallest absolute Gasteiger partial charge is 0.237 e. The lowest BCUT2D eigenvalue weighted by Gasteiger charge is -2.35. The first-order valence-corrected chi connectivity index (χ1v) is 7.00. The summed E-state index contributed by atoms with van der Waals surface area (Å²) in [4.78, 5) is 23.3. The highest BCUT2D eigenvalue weighted by Gasteiger charge is 2.42. The largest absolute Gasteiger partial charge is 0.296 e. The van der Waals surface area contributed by atoms with Crippen LogP contribution in [0.1, 0.15) is 51.2 Å². The number of hydrogen-bond acceptors (Lipinski definition) is 2. The minimum atomic E-state index is -0.526. The van der Waals surface area contributed by atoms with Gasteiger partial charge >= 0.3 is 0 Å². The van der Waals surface area contributed by atoms with Gasteiger partial charge in [-0.15, -0.1) is 0 Å². The molecule has 0 radical (unpaired) electrons. The predicted molar refractivity (Wildman–Crippen MR) is 76.9 cm³/mol. The molecule has 0 aromatic heterocycles. The maximum Gasteiger partial charge on any atom is 0.237 e. The van der Waals surface area contributed by atoms with E-state index < -0.39 is 5.41 Å². The van der Waals surface area contributed by atoms with Crippen LogP contribution < -0.4 is 5.32 Å². The quantitative estimate of drug-likeness (QED) is 0.831. The minimum absolute atomic E-state index is 0.153. The Balaban J connectivity index is 0.000000861. The van der Waals surface area contributed by atoms with Gasteiger partial charge in [0.15, 0.2) is 0 Å². The van der Waals surface area contributed by atoms with Gasteiger partial charge in [0.05, 0.1) is 5.41 Å². The molecule has 1 fully saturated rings. The summed E-state index contributed by atoms with van der Waals surface area (Å²) in [5.74, 6) is -0.314. The van der Waals surface area contributed by atoms with E-state index in [4.69, 9.17) is 0 Å². The molecule has 1 aliphatic rings. The molecular weight excluding hydrogens is 238 g/mol. The zero-order valence-electron chi connectivity index (χ0n) is 12.2. The van der Waals surface area contributed by atoms with Crippen LogP contribution >= 0.6 is 0 Å². The minimum Gasteiger partial charge on any atom is -0.296 e. The topological polar surface area (TPSA) is 46.2 Å². The van der Waals surface area contributed by atoms with Gasteiger partial charge in [-0.25, -0.2) is 0 Å². The van der Waals surface area contributed by atoms with E-state index in [9.17, 15) is 9.59 Å². The van der Waals surface area contributed by atoms with Crippen LogP contribution in [0, 0.1) is 6.92 Å². The van der Waals surface area contributed by atoms with E-state index in [0.717, 1.165) is 12.0 Å². The molecule has 1 aromatic rings. The highest BCUT2D eigenvalue weighted by atomic mass is 16.2. The Morgan fingerprint density at radius 3 is 2.21 bits per heavy atom. The van der Waals surface area contributed by atoms with Gasteiger partial charge in [-0.1, -0.05) is 50.6 Å². The van der Waals surface area contributed by atoms with E-state index >= 15 is 0 Å². The lowest BCUT2D eigenvalue weighted by Crippen LogP contribution is -2.51. The lowest BCUT2D eigenvalue weighted by molar-refractivity contribution is -0.138. The molecule has 1 heterocycles. The van der Waals surface area contributed by atoms with Crippen LogP contribution in [0.4, 0.5) is 0 Å². The summed E-state index contributed by atoms with van der Waals surface area (Å²) in [6.07, 6.45) is 1.75. The third-order valence-corrected chi connectivity index (χ3v) is 3.67. The van der Waals surface area contributed by atoms with Gasteiger partial charge in [0.1, 0.15) is 0 Å². The first-order valence-electron chi connectivity index (χ1n) is 7.00. The number of carbonyl (C=O) groups excluding carboxylic acids is 2. The molecule has 19 heavy (non-hydrogen) atoms. The normalized spacial score (nSPS) is 22.3. The number of aryl methyl sites for hydroxylation is 1. The summed E-state index contributed by atoms with van der Waals surface area (Å²) in [6, 6.07) is 8.01. The molecule has 0 bridgehead atoms. The van der Waals surface area contributed by atoms with Crippen molar-refractivity contribution in [3.63, 3.8) is 0 Å². The maximum atomic E-state index is 12.1. The number of piperidine rings is 1. The van der Waals surface area contributed by atoms with Crippen LogP contribution in [0.25, 0.3) is 0 Å². The van der Waals surface area contributed by atoms with Gasteiger partial charge in [-0.3, -0.25) is 14.9 Å². The van der Waals surface area contributed by atoms with Crippen LogP contribution in [-0.2, 0) is 15.0 Å². The molecule has 0 spiro atoms. The Hall–Kier alpha value is -1.64. The van der Waals surface area contributed by atoms with Crippen molar-refractivity contribution in [2.24, 2.45) is 0 Å². The highest BCUT2D eigenvalue weighted by Crippen LogP contribution is 2.35. The predicted octanol–water partition coefficient (Wildman–Crippen LogP) is 3.11. The van der Waals surface area contributed by atoms with E-state index in [1.54, 1.807) is 0 Å². The third-order valence-electron chi connectivity index (χ3n) is 3.67. The van der Waals surface area contributed by atoms with Crippen molar-refractivity contribution in [3.8, 4) is 0 Å². The Bertz CT molecular complexity index is 450. The van der Waals surface area contributed by atoms with Crippen molar-refractivity contribution in [2.45, 2.75) is 52.4 Å². The van der Waals surface area contributed by atoms with Crippen molar-refractivity contribution in [3.05, 3.63) is 35.4 Å². The van der Waals surface area contributed by atoms with E-state index in [-0.39, 0.29) is 11.8 Å². The summed E-state index contributed by atoms with van der Waals surface area (Å²) in [5.41, 5.74) is 1.66. The molecule has 3 nitrogen and oxygen atoms in total. The number of nitrogens with one attached hydrogen (secondary N) is 1. The van der Waals surface area contributed by atoms with Crippen LogP contribution in [0.3, 0.4) is 0 Å². The van der Waals surface area contributed by atoms with Crippen molar-refractivity contribution >= 4 is 11.8 Å². The van der Waals surface area contributed by atoms with Crippen molar-refractivity contribution in [2.75, 3.05) is 0 Å². The number of benzene rings is 1. The first-order chi connectivity index (χ1) is 9.08. The molecule has 104 valence electrons. The Labute approximate surface area is 115 Å². The lowest BCUT2D eigenvalue weighted by atomic mass is 9.72. The van der Waals surface area contributed by atoms with Crippen molar-refractivity contribution < 1.29 is 9.59 Å². The molecule has 1 aliphatic heterocycles. The van der Waals surface area contributed by atoms with Crippen molar-refractivity contribution in [1.82, 2.24) is 5.32 Å². The van der Waals surface area contributed by atoms with E-state index in [0.29, 0.717) is 12.8 Å². The van der Waals surface area contributed by atoms with Crippen LogP contribution in [0.5, 0.6) is 0 Å². The Kier molecular flexibility index (Phi) is 5.28. The molecule has 1 saturated heterocycles. The fourth-order valence-electron chi connectivity index (χ4n) is 2.44. The standard InChI is InChI=1S/C14H17NO2.C2H6/c1-3-14(9-8-12(16)15-13(14)17)11-6-4-10(2)5-7-11;1-2/h4-7H,3,8-9H2,1-2H3,(H,15,16,17);1-2H3. The second kappa shape index (κ2) is 6.50.